The van der Waals surface area contributed by atoms with Gasteiger partial charge in [0.25, 0.3) is 0 Å². The summed E-state index contributed by atoms with van der Waals surface area (Å²) >= 11 is 0. The molecule has 1 fully saturated rings. The highest BCUT2D eigenvalue weighted by Crippen LogP contribution is 2.49. The monoisotopic (exact) mass is 282 g/mol. The Morgan fingerprint density at radius 1 is 1.24 bits per heavy atom. The Bertz CT molecular complexity index is 655. The fourth-order valence-corrected chi connectivity index (χ4v) is 4.93. The predicted molar refractivity (Wildman–Crippen MR) is 88.7 cm³/mol. The zero-order valence-electron chi connectivity index (χ0n) is 13.4. The fraction of sp³-hybridized carbons (Fsp3) is 0.579. The molecule has 1 saturated heterocycles. The molecule has 1 N–H and O–H groups in total. The van der Waals surface area contributed by atoms with Gasteiger partial charge in [0.05, 0.1) is 0 Å². The van der Waals surface area contributed by atoms with Crippen LogP contribution in [0.2, 0.25) is 0 Å². The lowest BCUT2D eigenvalue weighted by atomic mass is 9.64. The molecule has 0 amide bonds. The van der Waals surface area contributed by atoms with Gasteiger partial charge in [-0.25, -0.2) is 0 Å². The van der Waals surface area contributed by atoms with Gasteiger partial charge < -0.3 is 9.88 Å². The first-order valence-electron chi connectivity index (χ1n) is 8.43. The molecule has 112 valence electrons. The van der Waals surface area contributed by atoms with Crippen molar-refractivity contribution in [1.82, 2.24) is 9.88 Å². The van der Waals surface area contributed by atoms with Gasteiger partial charge in [0, 0.05) is 23.1 Å². The number of hydrogen-bond acceptors (Lipinski definition) is 1. The molecule has 0 saturated carbocycles. The maximum Gasteiger partial charge on any atom is 0.0459 e. The number of nitrogens with one attached hydrogen (secondary N) is 1. The number of H-pyrrole nitrogens is 1. The summed E-state index contributed by atoms with van der Waals surface area (Å²) < 4.78 is 0. The highest BCUT2D eigenvalue weighted by Gasteiger charge is 2.42. The Morgan fingerprint density at radius 3 is 2.86 bits per heavy atom. The normalized spacial score (nSPS) is 29.6. The number of aromatic nitrogens is 1. The van der Waals surface area contributed by atoms with E-state index in [4.69, 9.17) is 0 Å². The first-order chi connectivity index (χ1) is 10.1. The van der Waals surface area contributed by atoms with E-state index in [2.05, 4.69) is 55.0 Å². The summed E-state index contributed by atoms with van der Waals surface area (Å²) in [5, 5.41) is 1.47. The summed E-state index contributed by atoms with van der Waals surface area (Å²) in [6, 6.07) is 8.89. The number of likely N-dealkylation sites (tertiary alicyclic amines) is 1. The van der Waals surface area contributed by atoms with Crippen LogP contribution >= 0.6 is 0 Å². The van der Waals surface area contributed by atoms with Crippen molar-refractivity contribution in [2.75, 3.05) is 20.1 Å². The standard InChI is InChI=1S/C19H26N2/c1-12(2)18-15-11-21(3)9-8-13(15)10-17-19(18)14-6-4-5-7-16(14)20-17/h4-7,12-13,15,18,20H,8-11H2,1-3H3/t13-,15?,18?/m0/s1. The third kappa shape index (κ3) is 2.03. The molecule has 1 aliphatic carbocycles. The molecule has 2 heterocycles. The number of aromatic amines is 1. The van der Waals surface area contributed by atoms with Gasteiger partial charge in [-0.15, -0.1) is 0 Å². The van der Waals surface area contributed by atoms with E-state index in [-0.39, 0.29) is 0 Å². The molecular formula is C19H26N2. The molecule has 1 aliphatic heterocycles. The number of fused-ring (bicyclic) bond motifs is 4. The summed E-state index contributed by atoms with van der Waals surface area (Å²) in [7, 11) is 2.29. The predicted octanol–water partition coefficient (Wildman–Crippen LogP) is 4.03. The highest BCUT2D eigenvalue weighted by molar-refractivity contribution is 5.85. The second-order valence-electron chi connectivity index (χ2n) is 7.51. The number of benzene rings is 1. The lowest BCUT2D eigenvalue weighted by molar-refractivity contribution is 0.0959. The van der Waals surface area contributed by atoms with Crippen molar-refractivity contribution < 1.29 is 0 Å². The van der Waals surface area contributed by atoms with Gasteiger partial charge in [-0.05, 0) is 61.7 Å². The number of rotatable bonds is 1. The van der Waals surface area contributed by atoms with Crippen LogP contribution in [0.3, 0.4) is 0 Å². The van der Waals surface area contributed by atoms with Crippen LogP contribution in [0.1, 0.15) is 37.4 Å². The molecule has 2 aromatic rings. The van der Waals surface area contributed by atoms with Crippen molar-refractivity contribution in [3.63, 3.8) is 0 Å². The van der Waals surface area contributed by atoms with Crippen LogP contribution in [0, 0.1) is 17.8 Å². The Balaban J connectivity index is 1.88. The molecule has 0 spiro atoms. The van der Waals surface area contributed by atoms with Gasteiger partial charge in [0.15, 0.2) is 0 Å². The number of nitrogens with zero attached hydrogens (tertiary/aromatic N) is 1. The van der Waals surface area contributed by atoms with E-state index in [0.717, 1.165) is 11.8 Å². The van der Waals surface area contributed by atoms with Crippen molar-refractivity contribution in [2.24, 2.45) is 17.8 Å². The maximum absolute atomic E-state index is 3.73. The molecule has 2 nitrogen and oxygen atoms in total. The van der Waals surface area contributed by atoms with Crippen LogP contribution in [0.4, 0.5) is 0 Å². The van der Waals surface area contributed by atoms with Crippen molar-refractivity contribution in [3.05, 3.63) is 35.5 Å². The molecular weight excluding hydrogens is 256 g/mol. The summed E-state index contributed by atoms with van der Waals surface area (Å²) in [5.41, 5.74) is 4.50. The molecule has 2 heteroatoms. The highest BCUT2D eigenvalue weighted by atomic mass is 15.1. The quantitative estimate of drug-likeness (QED) is 0.836. The number of para-hydroxylation sites is 1. The molecule has 3 atom stereocenters. The fourth-order valence-electron chi connectivity index (χ4n) is 4.93. The van der Waals surface area contributed by atoms with Crippen LogP contribution < -0.4 is 0 Å². The molecule has 1 aromatic heterocycles. The molecule has 1 aromatic carbocycles. The van der Waals surface area contributed by atoms with Gasteiger partial charge in [0.2, 0.25) is 0 Å². The van der Waals surface area contributed by atoms with E-state index in [1.165, 1.54) is 42.5 Å². The van der Waals surface area contributed by atoms with Gasteiger partial charge in [-0.3, -0.25) is 0 Å². The largest absolute Gasteiger partial charge is 0.358 e. The minimum absolute atomic E-state index is 0.706. The van der Waals surface area contributed by atoms with E-state index >= 15 is 0 Å². The van der Waals surface area contributed by atoms with Crippen LogP contribution in [0.25, 0.3) is 10.9 Å². The summed E-state index contributed by atoms with van der Waals surface area (Å²) in [6.07, 6.45) is 2.62. The van der Waals surface area contributed by atoms with Crippen molar-refractivity contribution >= 4 is 10.9 Å². The number of hydrogen-bond donors (Lipinski definition) is 1. The van der Waals surface area contributed by atoms with Gasteiger partial charge >= 0.3 is 0 Å². The van der Waals surface area contributed by atoms with Crippen LogP contribution in [0.15, 0.2) is 24.3 Å². The molecule has 2 aliphatic rings. The Hall–Kier alpha value is -1.28. The van der Waals surface area contributed by atoms with Crippen LogP contribution in [0.5, 0.6) is 0 Å². The zero-order valence-corrected chi connectivity index (χ0v) is 13.4. The average Bonchev–Trinajstić information content (AvgIpc) is 2.82. The summed E-state index contributed by atoms with van der Waals surface area (Å²) in [6.45, 7) is 7.36. The SMILES string of the molecule is CC(C)C1c2c([nH]c3ccccc23)C[C@@H]2CCN(C)CC12. The minimum Gasteiger partial charge on any atom is -0.358 e. The topological polar surface area (TPSA) is 19.0 Å². The first kappa shape index (κ1) is 13.4. The smallest absolute Gasteiger partial charge is 0.0459 e. The second-order valence-corrected chi connectivity index (χ2v) is 7.51. The number of piperidine rings is 1. The lowest BCUT2D eigenvalue weighted by Crippen LogP contribution is -2.45. The molecule has 0 radical (unpaired) electrons. The van der Waals surface area contributed by atoms with Crippen molar-refractivity contribution in [3.8, 4) is 0 Å². The Morgan fingerprint density at radius 2 is 2.05 bits per heavy atom. The van der Waals surface area contributed by atoms with Gasteiger partial charge in [-0.2, -0.15) is 0 Å². The molecule has 21 heavy (non-hydrogen) atoms. The zero-order chi connectivity index (χ0) is 14.6. The maximum atomic E-state index is 3.73. The van der Waals surface area contributed by atoms with E-state index in [0.29, 0.717) is 11.8 Å². The van der Waals surface area contributed by atoms with Gasteiger partial charge in [0.1, 0.15) is 0 Å². The Labute approximate surface area is 127 Å². The first-order valence-corrected chi connectivity index (χ1v) is 8.43. The summed E-state index contributed by atoms with van der Waals surface area (Å²) in [4.78, 5) is 6.27. The van der Waals surface area contributed by atoms with Crippen LogP contribution in [-0.4, -0.2) is 30.0 Å². The van der Waals surface area contributed by atoms with E-state index in [1.54, 1.807) is 5.56 Å². The van der Waals surface area contributed by atoms with Gasteiger partial charge in [-0.1, -0.05) is 32.0 Å². The average molecular weight is 282 g/mol. The minimum atomic E-state index is 0.706. The molecule has 0 bridgehead atoms. The molecule has 4 rings (SSSR count). The Kier molecular flexibility index (Phi) is 3.11. The lowest BCUT2D eigenvalue weighted by Gasteiger charge is -2.46. The third-order valence-corrected chi connectivity index (χ3v) is 5.82. The summed E-state index contributed by atoms with van der Waals surface area (Å²) in [5.74, 6) is 3.12. The van der Waals surface area contributed by atoms with Crippen molar-refractivity contribution in [2.45, 2.75) is 32.6 Å². The molecule has 2 unspecified atom stereocenters. The third-order valence-electron chi connectivity index (χ3n) is 5.82. The van der Waals surface area contributed by atoms with E-state index < -0.39 is 0 Å². The van der Waals surface area contributed by atoms with E-state index in [1.807, 2.05) is 0 Å². The second kappa shape index (κ2) is 4.88. The van der Waals surface area contributed by atoms with E-state index in [9.17, 15) is 0 Å². The van der Waals surface area contributed by atoms with Crippen molar-refractivity contribution in [1.29, 1.82) is 0 Å². The van der Waals surface area contributed by atoms with Crippen LogP contribution in [-0.2, 0) is 6.42 Å².